The molecule has 0 aromatic heterocycles. The van der Waals surface area contributed by atoms with Crippen LogP contribution in [0.25, 0.3) is 36.5 Å². The molecule has 0 saturated carbocycles. The highest BCUT2D eigenvalue weighted by molar-refractivity contribution is 6.96. The molecule has 0 saturated heterocycles. The molecule has 0 heterocycles. The van der Waals surface area contributed by atoms with Crippen molar-refractivity contribution in [2.24, 2.45) is 0 Å². The predicted octanol–water partition coefficient (Wildman–Crippen LogP) is 20.3. The number of nitrogens with zero attached hydrogens (tertiary/aromatic N) is 1. The number of benzene rings is 6. The fourth-order valence-corrected chi connectivity index (χ4v) is 35.1. The Morgan fingerprint density at radius 1 is 0.219 bits per heavy atom. The molecule has 0 radical (unpaired) electrons. The Hall–Kier alpha value is -5.01. The van der Waals surface area contributed by atoms with Gasteiger partial charge in [0, 0.05) is 17.1 Å². The van der Waals surface area contributed by atoms with Crippen molar-refractivity contribution in [1.29, 1.82) is 0 Å². The summed E-state index contributed by atoms with van der Waals surface area (Å²) in [5.41, 5.74) is 16.9. The molecule has 0 atom stereocenters. The highest BCUT2D eigenvalue weighted by Crippen LogP contribution is 2.44. The van der Waals surface area contributed by atoms with Gasteiger partial charge in [-0.3, -0.25) is 0 Å². The van der Waals surface area contributed by atoms with E-state index in [9.17, 15) is 0 Å². The van der Waals surface area contributed by atoms with Crippen LogP contribution < -0.4 is 20.5 Å². The molecule has 0 aliphatic rings. The molecule has 386 valence electrons. The van der Waals surface area contributed by atoms with E-state index in [0.29, 0.717) is 49.9 Å². The summed E-state index contributed by atoms with van der Waals surface area (Å²) in [6.45, 7) is 44.0. The quantitative estimate of drug-likeness (QED) is 0.0513. The highest BCUT2D eigenvalue weighted by Gasteiger charge is 2.46. The lowest BCUT2D eigenvalue weighted by atomic mass is 10.1. The van der Waals surface area contributed by atoms with E-state index < -0.39 is 24.2 Å². The minimum atomic E-state index is -1.70. The first-order valence-electron chi connectivity index (χ1n) is 28.1. The Morgan fingerprint density at radius 2 is 0.356 bits per heavy atom. The van der Waals surface area contributed by atoms with Crippen LogP contribution in [0.5, 0.6) is 0 Å². The molecule has 0 aliphatic carbocycles. The Kier molecular flexibility index (Phi) is 19.3. The van der Waals surface area contributed by atoms with Gasteiger partial charge < -0.3 is 4.90 Å². The molecule has 0 bridgehead atoms. The van der Waals surface area contributed by atoms with Gasteiger partial charge in [0.25, 0.3) is 0 Å². The van der Waals surface area contributed by atoms with E-state index >= 15 is 0 Å². The summed E-state index contributed by atoms with van der Waals surface area (Å²) in [5, 5.41) is 4.76. The summed E-state index contributed by atoms with van der Waals surface area (Å²) in [6.07, 6.45) is 13.5. The molecular weight excluding hydrogens is 927 g/mol. The van der Waals surface area contributed by atoms with Gasteiger partial charge >= 0.3 is 0 Å². The van der Waals surface area contributed by atoms with Gasteiger partial charge in [0.05, 0.1) is 24.2 Å². The van der Waals surface area contributed by atoms with E-state index in [-0.39, 0.29) is 0 Å². The van der Waals surface area contributed by atoms with E-state index in [1.54, 1.807) is 15.6 Å². The zero-order valence-corrected chi connectivity index (χ0v) is 51.5. The van der Waals surface area contributed by atoms with Crippen molar-refractivity contribution in [3.8, 4) is 0 Å². The zero-order valence-electron chi connectivity index (χ0n) is 48.5. The number of hydrogen-bond acceptors (Lipinski definition) is 1. The molecule has 0 aliphatic heterocycles. The summed E-state index contributed by atoms with van der Waals surface area (Å²) in [7, 11) is -5.09. The molecule has 6 aromatic rings. The molecule has 0 fully saturated rings. The predicted molar refractivity (Wildman–Crippen MR) is 339 cm³/mol. The third-order valence-corrected chi connectivity index (χ3v) is 38.9. The first-order valence-corrected chi connectivity index (χ1v) is 34.8. The van der Waals surface area contributed by atoms with Gasteiger partial charge in [-0.2, -0.15) is 0 Å². The zero-order chi connectivity index (χ0) is 53.4. The second-order valence-electron chi connectivity index (χ2n) is 24.2. The lowest BCUT2D eigenvalue weighted by molar-refractivity contribution is 0.835. The smallest absolute Gasteiger partial charge is 0.0942 e. The Morgan fingerprint density at radius 3 is 0.493 bits per heavy atom. The van der Waals surface area contributed by atoms with Crippen LogP contribution in [-0.4, -0.2) is 24.2 Å². The average molecular weight is 1020 g/mol. The normalized spacial score (nSPS) is 13.2. The van der Waals surface area contributed by atoms with Crippen LogP contribution in [0.3, 0.4) is 0 Å². The van der Waals surface area contributed by atoms with Gasteiger partial charge in [-0.15, -0.1) is 0 Å². The van der Waals surface area contributed by atoms with Gasteiger partial charge in [0.15, 0.2) is 0 Å². The monoisotopic (exact) mass is 1020 g/mol. The van der Waals surface area contributed by atoms with Crippen molar-refractivity contribution in [2.45, 2.75) is 174 Å². The van der Waals surface area contributed by atoms with Gasteiger partial charge in [-0.25, -0.2) is 0 Å². The standard InChI is InChI=1S/C69H93NSi3/c1-49(2)71(50(3)4,51(5)6)67-43-31-61(32-44-67)22-19-58-25-37-64(38-26-58)70(65-39-27-59(28-40-65)20-23-62-33-45-68(46-34-62)72(52(7)8,53(9)10)54(11)12)66-41-29-60(30-42-66)21-24-63-35-47-69(48-36-63)73(55(13)14,56(15)16)57(17)18/h19-57H,1-18H3. The van der Waals surface area contributed by atoms with Crippen LogP contribution >= 0.6 is 0 Å². The molecule has 0 spiro atoms. The summed E-state index contributed by atoms with van der Waals surface area (Å²) in [5.74, 6) is 0. The molecule has 1 nitrogen and oxygen atoms in total. The maximum atomic E-state index is 2.45. The second kappa shape index (κ2) is 24.6. The van der Waals surface area contributed by atoms with Crippen LogP contribution in [0.2, 0.25) is 49.9 Å². The van der Waals surface area contributed by atoms with Crippen molar-refractivity contribution in [3.63, 3.8) is 0 Å². The van der Waals surface area contributed by atoms with Crippen LogP contribution in [0.4, 0.5) is 17.1 Å². The molecule has 6 rings (SSSR count). The molecule has 4 heteroatoms. The Balaban J connectivity index is 1.27. The minimum absolute atomic E-state index is 0.691. The fraction of sp³-hybridized carbons (Fsp3) is 0.391. The van der Waals surface area contributed by atoms with Crippen LogP contribution in [0, 0.1) is 0 Å². The summed E-state index contributed by atoms with van der Waals surface area (Å²) in [6, 6.07) is 55.6. The maximum absolute atomic E-state index is 2.45. The van der Waals surface area contributed by atoms with Gasteiger partial charge in [0.1, 0.15) is 0 Å². The van der Waals surface area contributed by atoms with E-state index in [2.05, 4.69) is 312 Å². The van der Waals surface area contributed by atoms with E-state index in [1.807, 2.05) is 0 Å². The second-order valence-corrected chi connectivity index (χ2v) is 41.9. The van der Waals surface area contributed by atoms with Crippen molar-refractivity contribution in [3.05, 3.63) is 179 Å². The Bertz CT molecular complexity index is 2360. The van der Waals surface area contributed by atoms with Crippen LogP contribution in [-0.2, 0) is 0 Å². The first-order chi connectivity index (χ1) is 34.6. The van der Waals surface area contributed by atoms with Gasteiger partial charge in [-0.1, -0.05) is 286 Å². The third-order valence-electron chi connectivity index (χ3n) is 17.7. The van der Waals surface area contributed by atoms with Gasteiger partial charge in [0.2, 0.25) is 0 Å². The average Bonchev–Trinajstić information content (AvgIpc) is 3.34. The SMILES string of the molecule is CC(C)[Si](c1ccc(C=Cc2ccc(N(c3ccc(C=Cc4ccc([Si](C(C)C)(C(C)C)C(C)C)cc4)cc3)c3ccc(C=Cc4ccc([Si](C(C)C)(C(C)C)C(C)C)cc4)cc3)cc2)cc1)(C(C)C)C(C)C. The van der Waals surface area contributed by atoms with Crippen LogP contribution in [0.1, 0.15) is 158 Å². The van der Waals surface area contributed by atoms with Crippen LogP contribution in [0.15, 0.2) is 146 Å². The topological polar surface area (TPSA) is 3.24 Å². The minimum Gasteiger partial charge on any atom is -0.311 e. The Labute approximate surface area is 449 Å². The number of rotatable bonds is 21. The van der Waals surface area contributed by atoms with Crippen molar-refractivity contribution < 1.29 is 0 Å². The summed E-state index contributed by atoms with van der Waals surface area (Å²) >= 11 is 0. The first kappa shape index (κ1) is 57.3. The number of hydrogen-bond donors (Lipinski definition) is 0. The number of anilines is 3. The molecular formula is C69H93NSi3. The van der Waals surface area contributed by atoms with E-state index in [0.717, 1.165) is 17.1 Å². The lowest BCUT2D eigenvalue weighted by Crippen LogP contribution is -2.55. The molecule has 6 aromatic carbocycles. The molecule has 0 unspecified atom stereocenters. The molecule has 0 N–H and O–H groups in total. The maximum Gasteiger partial charge on any atom is 0.0942 e. The summed E-state index contributed by atoms with van der Waals surface area (Å²) in [4.78, 5) is 2.38. The van der Waals surface area contributed by atoms with E-state index in [4.69, 9.17) is 0 Å². The molecule has 0 amide bonds. The van der Waals surface area contributed by atoms with Crippen molar-refractivity contribution in [2.75, 3.05) is 4.90 Å². The summed E-state index contributed by atoms with van der Waals surface area (Å²) < 4.78 is 0. The molecule has 73 heavy (non-hydrogen) atoms. The largest absolute Gasteiger partial charge is 0.311 e. The van der Waals surface area contributed by atoms with E-state index in [1.165, 1.54) is 33.4 Å². The fourth-order valence-electron chi connectivity index (χ4n) is 14.9. The van der Waals surface area contributed by atoms with Crippen molar-refractivity contribution in [1.82, 2.24) is 0 Å². The highest BCUT2D eigenvalue weighted by atomic mass is 28.3. The lowest BCUT2D eigenvalue weighted by Gasteiger charge is -2.43. The van der Waals surface area contributed by atoms with Gasteiger partial charge in [-0.05, 0) is 120 Å². The van der Waals surface area contributed by atoms with Crippen molar-refractivity contribution >= 4 is 93.3 Å². The third kappa shape index (κ3) is 11.9.